The van der Waals surface area contributed by atoms with E-state index in [1.165, 1.54) is 32.9 Å². The van der Waals surface area contributed by atoms with E-state index in [0.717, 1.165) is 12.1 Å². The fraction of sp³-hybridized carbons (Fsp3) is 0.269. The van der Waals surface area contributed by atoms with Crippen LogP contribution >= 0.6 is 0 Å². The van der Waals surface area contributed by atoms with Crippen LogP contribution in [0.3, 0.4) is 0 Å². The Bertz CT molecular complexity index is 902. The van der Waals surface area contributed by atoms with Gasteiger partial charge in [0.15, 0.2) is 0 Å². The predicted octanol–water partition coefficient (Wildman–Crippen LogP) is 7.23. The van der Waals surface area contributed by atoms with Gasteiger partial charge in [0, 0.05) is 11.9 Å². The maximum absolute atomic E-state index is 4.72. The number of hydrogen-bond acceptors (Lipinski definition) is 2. The lowest BCUT2D eigenvalue weighted by molar-refractivity contribution is 0.867. The van der Waals surface area contributed by atoms with Crippen LogP contribution in [0.15, 0.2) is 83.9 Å². The van der Waals surface area contributed by atoms with Gasteiger partial charge in [-0.05, 0) is 53.3 Å². The third kappa shape index (κ3) is 6.60. The van der Waals surface area contributed by atoms with Gasteiger partial charge in [-0.15, -0.1) is 0 Å². The Morgan fingerprint density at radius 1 is 0.897 bits per heavy atom. The molecule has 29 heavy (non-hydrogen) atoms. The molecule has 0 aliphatic heterocycles. The Balaban J connectivity index is 1.65. The van der Waals surface area contributed by atoms with E-state index in [-0.39, 0.29) is 0 Å². The number of aryl methyl sites for hydroxylation is 1. The molecule has 0 aliphatic rings. The minimum atomic E-state index is -1.02. The normalized spacial score (nSPS) is 11.2. The lowest BCUT2D eigenvalue weighted by atomic mass is 10.0. The largest absolute Gasteiger partial charge is 0.476 e. The highest BCUT2D eigenvalue weighted by molar-refractivity contribution is 6.62. The van der Waals surface area contributed by atoms with E-state index in [2.05, 4.69) is 104 Å². The fourth-order valence-electron chi connectivity index (χ4n) is 3.46. The van der Waals surface area contributed by atoms with Crippen LogP contribution in [0.2, 0.25) is 10.6 Å². The summed E-state index contributed by atoms with van der Waals surface area (Å²) < 4.78 is 3.80. The number of nitrogens with zero attached hydrogens (tertiary/aromatic N) is 1. The van der Waals surface area contributed by atoms with Crippen LogP contribution in [0.1, 0.15) is 43.4 Å². The summed E-state index contributed by atoms with van der Waals surface area (Å²) in [6.07, 6.45) is 3.12. The van der Waals surface area contributed by atoms with E-state index in [1.54, 1.807) is 0 Å². The van der Waals surface area contributed by atoms with Crippen LogP contribution in [0.5, 0.6) is 0 Å². The monoisotopic (exact) mass is 398 g/mol. The standard InChI is InChI=1S/C18H20N.C6H6N.C2H5.Al/c1-4-15-7-5-6-8-17(15)13-19-18-11-9-16(10-12-18)14(2)3;7-6-4-2-1-3-5-6;1-2;/h5-14H,1,4H2,2-3H3;1-5,7H;1H2,2H3;/q;-1;;+1. The Morgan fingerprint density at radius 2 is 1.59 bits per heavy atom. The second kappa shape index (κ2) is 11.0. The Morgan fingerprint density at radius 3 is 2.28 bits per heavy atom. The summed E-state index contributed by atoms with van der Waals surface area (Å²) in [7, 11) is 0. The lowest BCUT2D eigenvalue weighted by Gasteiger charge is -2.14. The van der Waals surface area contributed by atoms with Gasteiger partial charge in [0.25, 0.3) is 0 Å². The van der Waals surface area contributed by atoms with E-state index in [4.69, 9.17) is 4.99 Å². The second-order valence-corrected chi connectivity index (χ2v) is 10.9. The van der Waals surface area contributed by atoms with Crippen molar-refractivity contribution in [2.24, 2.45) is 4.99 Å². The average molecular weight is 399 g/mol. The van der Waals surface area contributed by atoms with Crippen molar-refractivity contribution in [1.82, 2.24) is 0 Å². The zero-order valence-corrected chi connectivity index (χ0v) is 19.0. The van der Waals surface area contributed by atoms with Gasteiger partial charge in [0.1, 0.15) is 0 Å². The summed E-state index contributed by atoms with van der Waals surface area (Å²) in [4.78, 5) is 4.72. The molecule has 0 radical (unpaired) electrons. The van der Waals surface area contributed by atoms with Crippen molar-refractivity contribution in [3.05, 3.63) is 95.6 Å². The molecule has 0 aliphatic carbocycles. The highest BCUT2D eigenvalue weighted by Gasteiger charge is 2.16. The first-order chi connectivity index (χ1) is 14.2. The molecular formula is C26H31AlN2. The molecule has 0 unspecified atom stereocenters. The maximum Gasteiger partial charge on any atom is 0.411 e. The van der Waals surface area contributed by atoms with Crippen molar-refractivity contribution in [3.63, 3.8) is 0 Å². The van der Waals surface area contributed by atoms with Gasteiger partial charge in [-0.3, -0.25) is 4.99 Å². The first-order valence-corrected chi connectivity index (χ1v) is 12.9. The highest BCUT2D eigenvalue weighted by atomic mass is 27.2. The van der Waals surface area contributed by atoms with Gasteiger partial charge in [0.05, 0.1) is 5.69 Å². The minimum absolute atomic E-state index is 0.550. The molecule has 0 aromatic heterocycles. The summed E-state index contributed by atoms with van der Waals surface area (Å²) in [5.74, 6) is 0.550. The molecule has 0 atom stereocenters. The van der Waals surface area contributed by atoms with E-state index >= 15 is 0 Å². The molecule has 3 aromatic rings. The number of aliphatic imine (C=N–C) groups is 1. The summed E-state index contributed by atoms with van der Waals surface area (Å²) in [6.45, 7) is 6.74. The van der Waals surface area contributed by atoms with Crippen molar-refractivity contribution in [3.8, 4) is 0 Å². The number of benzene rings is 3. The summed E-state index contributed by atoms with van der Waals surface area (Å²) in [5.41, 5.74) is 6.23. The summed E-state index contributed by atoms with van der Waals surface area (Å²) >= 11 is -1.02. The molecule has 0 amide bonds. The molecule has 3 aromatic carbocycles. The van der Waals surface area contributed by atoms with Crippen molar-refractivity contribution < 1.29 is 0 Å². The first-order valence-electron chi connectivity index (χ1n) is 10.7. The topological polar surface area (TPSA) is 24.4 Å². The van der Waals surface area contributed by atoms with Crippen molar-refractivity contribution in [2.45, 2.75) is 43.7 Å². The van der Waals surface area contributed by atoms with Gasteiger partial charge < -0.3 is 4.30 Å². The van der Waals surface area contributed by atoms with Crippen LogP contribution in [-0.4, -0.2) is 20.6 Å². The smallest absolute Gasteiger partial charge is 0.411 e. The molecule has 0 fully saturated rings. The van der Waals surface area contributed by atoms with E-state index in [1.807, 2.05) is 6.21 Å². The molecule has 0 spiro atoms. The lowest BCUT2D eigenvalue weighted by Crippen LogP contribution is -2.24. The van der Waals surface area contributed by atoms with Gasteiger partial charge in [-0.2, -0.15) is 0 Å². The molecule has 3 rings (SSSR count). The van der Waals surface area contributed by atoms with Crippen molar-refractivity contribution >= 4 is 32.0 Å². The second-order valence-electron chi connectivity index (χ2n) is 7.86. The number of para-hydroxylation sites is 1. The first kappa shape index (κ1) is 21.4. The zero-order chi connectivity index (χ0) is 20.5. The highest BCUT2D eigenvalue weighted by Crippen LogP contribution is 2.20. The molecule has 0 heterocycles. The van der Waals surface area contributed by atoms with Crippen LogP contribution in [0.25, 0.3) is 0 Å². The van der Waals surface area contributed by atoms with Gasteiger partial charge in [0.2, 0.25) is 0 Å². The number of anilines is 1. The average Bonchev–Trinajstić information content (AvgIpc) is 2.76. The molecular weight excluding hydrogens is 367 g/mol. The fourth-order valence-corrected chi connectivity index (χ4v) is 5.54. The SMILES string of the molecule is C[CH2][Al]([CH2]Cc1ccccc1C=Nc1ccc(C(C)C)cc1)[NH]c1ccccc1. The third-order valence-electron chi connectivity index (χ3n) is 5.37. The van der Waals surface area contributed by atoms with Gasteiger partial charge >= 0.3 is 14.4 Å². The molecule has 0 saturated carbocycles. The number of rotatable bonds is 9. The molecule has 0 saturated heterocycles. The number of hydrogen-bond donors (Lipinski definition) is 1. The molecule has 2 nitrogen and oxygen atoms in total. The minimum Gasteiger partial charge on any atom is -0.476 e. The molecule has 3 heteroatoms. The van der Waals surface area contributed by atoms with Crippen LogP contribution in [-0.2, 0) is 6.42 Å². The Kier molecular flexibility index (Phi) is 8.11. The predicted molar refractivity (Wildman–Crippen MR) is 129 cm³/mol. The van der Waals surface area contributed by atoms with E-state index in [9.17, 15) is 0 Å². The zero-order valence-electron chi connectivity index (χ0n) is 17.8. The molecule has 1 N–H and O–H groups in total. The Labute approximate surface area is 180 Å². The van der Waals surface area contributed by atoms with Gasteiger partial charge in [-0.1, -0.05) is 85.9 Å². The van der Waals surface area contributed by atoms with Crippen molar-refractivity contribution in [1.29, 1.82) is 0 Å². The maximum atomic E-state index is 4.72. The molecule has 148 valence electrons. The van der Waals surface area contributed by atoms with E-state index < -0.39 is 14.4 Å². The van der Waals surface area contributed by atoms with Crippen LogP contribution in [0, 0.1) is 0 Å². The summed E-state index contributed by atoms with van der Waals surface area (Å²) in [5, 5.41) is 2.48. The summed E-state index contributed by atoms with van der Waals surface area (Å²) in [6, 6.07) is 27.8. The van der Waals surface area contributed by atoms with Crippen molar-refractivity contribution in [2.75, 3.05) is 4.30 Å². The van der Waals surface area contributed by atoms with Gasteiger partial charge in [-0.25, -0.2) is 0 Å². The van der Waals surface area contributed by atoms with E-state index in [0.29, 0.717) is 5.92 Å². The number of nitrogens with one attached hydrogen (secondary N) is 1. The Hall–Kier alpha value is -2.34. The quantitative estimate of drug-likeness (QED) is 0.298. The van der Waals surface area contributed by atoms with Crippen LogP contribution in [0.4, 0.5) is 11.4 Å². The molecule has 0 bridgehead atoms. The third-order valence-corrected chi connectivity index (χ3v) is 8.08. The van der Waals surface area contributed by atoms with Crippen LogP contribution < -0.4 is 4.30 Å².